The maximum atomic E-state index is 14.1. The molecule has 1 heterocycles. The first-order valence-corrected chi connectivity index (χ1v) is 27.2. The molecule has 0 aliphatic carbocycles. The number of amides is 10. The normalized spacial score (nSPS) is 15.0. The van der Waals surface area contributed by atoms with Crippen LogP contribution in [0.15, 0.2) is 42.9 Å². The number of hydrogen-bond donors (Lipinski definition) is 16. The summed E-state index contributed by atoms with van der Waals surface area (Å²) >= 11 is 1.45. The molecule has 0 aliphatic heterocycles. The number of aliphatic hydroxyl groups is 2. The molecular formula is C50H80N14O14S. The molecule has 10 amide bonds. The van der Waals surface area contributed by atoms with Crippen molar-refractivity contribution in [3.8, 4) is 0 Å². The fourth-order valence-corrected chi connectivity index (χ4v) is 8.15. The zero-order valence-corrected chi connectivity index (χ0v) is 46.2. The van der Waals surface area contributed by atoms with Gasteiger partial charge in [0.05, 0.1) is 38.0 Å². The van der Waals surface area contributed by atoms with E-state index in [4.69, 9.17) is 17.2 Å². The van der Waals surface area contributed by atoms with Gasteiger partial charge in [-0.05, 0) is 75.0 Å². The van der Waals surface area contributed by atoms with Gasteiger partial charge >= 0.3 is 5.97 Å². The predicted molar refractivity (Wildman–Crippen MR) is 289 cm³/mol. The number of thioether (sulfide) groups is 1. The number of nitrogens with one attached hydrogen (secondary N) is 10. The second-order valence-electron chi connectivity index (χ2n) is 19.6. The molecule has 1 aromatic carbocycles. The molecular weight excluding hydrogens is 1050 g/mol. The first kappa shape index (κ1) is 67.9. The highest BCUT2D eigenvalue weighted by atomic mass is 32.2. The van der Waals surface area contributed by atoms with Crippen LogP contribution in [-0.2, 0) is 65.6 Å². The highest BCUT2D eigenvalue weighted by Crippen LogP contribution is 2.11. The van der Waals surface area contributed by atoms with E-state index < -0.39 is 151 Å². The Morgan fingerprint density at radius 3 is 1.78 bits per heavy atom. The molecule has 9 unspecified atom stereocenters. The molecule has 29 heteroatoms. The predicted octanol–water partition coefficient (Wildman–Crippen LogP) is -4.57. The van der Waals surface area contributed by atoms with E-state index in [9.17, 15) is 68.1 Å². The summed E-state index contributed by atoms with van der Waals surface area (Å²) in [6, 6.07) is -4.78. The Morgan fingerprint density at radius 2 is 1.23 bits per heavy atom. The lowest BCUT2D eigenvalue weighted by Gasteiger charge is -2.28. The molecule has 0 saturated carbocycles. The summed E-state index contributed by atoms with van der Waals surface area (Å²) in [6.45, 7) is 6.44. The lowest BCUT2D eigenvalue weighted by molar-refractivity contribution is -0.142. The van der Waals surface area contributed by atoms with E-state index in [0.717, 1.165) is 6.92 Å². The van der Waals surface area contributed by atoms with Gasteiger partial charge in [0.25, 0.3) is 0 Å². The Kier molecular flexibility index (Phi) is 30.4. The van der Waals surface area contributed by atoms with Gasteiger partial charge in [-0.2, -0.15) is 11.8 Å². The maximum Gasteiger partial charge on any atom is 0.305 e. The van der Waals surface area contributed by atoms with Crippen LogP contribution in [0.3, 0.4) is 0 Å². The van der Waals surface area contributed by atoms with Crippen LogP contribution < -0.4 is 65.1 Å². The van der Waals surface area contributed by atoms with Crippen LogP contribution in [0.1, 0.15) is 84.4 Å². The second-order valence-corrected chi connectivity index (χ2v) is 20.5. The van der Waals surface area contributed by atoms with Gasteiger partial charge in [-0.15, -0.1) is 0 Å². The molecule has 0 bridgehead atoms. The Hall–Kier alpha value is -7.21. The zero-order chi connectivity index (χ0) is 59.4. The van der Waals surface area contributed by atoms with Gasteiger partial charge in [0.1, 0.15) is 48.3 Å². The number of nitrogens with zero attached hydrogens (tertiary/aromatic N) is 1. The number of H-pyrrole nitrogens is 1. The van der Waals surface area contributed by atoms with Crippen molar-refractivity contribution < 1.29 is 68.1 Å². The number of primary amides is 1. The standard InChI is InChI=1S/C50H80N14O14S/c1-26(2)18-34(45(73)58-32(42(53)70)15-17-79-6)57-38(67)23-55-49(77)40(27(3)4)63-47(75)35(19-29-12-8-7-9-13-29)60-48(76)37(24-65)62-46(74)36(21-39(68)69)61-50(78)41(28(5)66)64-44(72)33(14-10-11-16-51)59-43(71)31(52)20-30-22-54-25-56-30/h7-9,12-13,22,25-28,31-37,40-41,65-66H,10-11,14-21,23-24,51-52H2,1-6H3,(H2,53,70)(H,54,56)(H,55,77)(H,57,67)(H,58,73)(H,59,71)(H,60,76)(H,61,78)(H,62,74)(H,63,75)(H,64,72)(H,68,69)/t28?,31?,32?,33?,34?,35?,36?,37?,40?,41-/m1/s1. The number of carbonyl (C=O) groups excluding carboxylic acids is 10. The minimum absolute atomic E-state index is 0.0288. The molecule has 0 spiro atoms. The molecule has 2 aromatic rings. The third-order valence-electron chi connectivity index (χ3n) is 12.0. The number of carbonyl (C=O) groups is 11. The Bertz CT molecular complexity index is 2330. The minimum Gasteiger partial charge on any atom is -0.481 e. The summed E-state index contributed by atoms with van der Waals surface area (Å²) in [5.74, 6) is -11.1. The fraction of sp³-hybridized carbons (Fsp3) is 0.600. The summed E-state index contributed by atoms with van der Waals surface area (Å²) in [5.41, 5.74) is 18.2. The second kappa shape index (κ2) is 35.3. The average Bonchev–Trinajstić information content (AvgIpc) is 3.90. The summed E-state index contributed by atoms with van der Waals surface area (Å²) in [6.07, 6.45) is 3.01. The average molecular weight is 1130 g/mol. The largest absolute Gasteiger partial charge is 0.481 e. The SMILES string of the molecule is CSCCC(NC(=O)C(CC(C)C)NC(=O)CNC(=O)C(NC(=O)C(Cc1ccccc1)NC(=O)C(CO)NC(=O)C(CC(=O)O)NC(=O)[C@H](NC(=O)C(CCCCN)NC(=O)C(N)Cc1cnc[nH]1)C(C)O)C(C)C)C(N)=O. The van der Waals surface area contributed by atoms with Gasteiger partial charge in [-0.1, -0.05) is 58.0 Å². The third-order valence-corrected chi connectivity index (χ3v) is 12.7. The molecule has 0 radical (unpaired) electrons. The van der Waals surface area contributed by atoms with E-state index in [-0.39, 0.29) is 44.6 Å². The van der Waals surface area contributed by atoms with Crippen LogP contribution in [-0.4, -0.2) is 183 Å². The smallest absolute Gasteiger partial charge is 0.305 e. The maximum absolute atomic E-state index is 14.1. The summed E-state index contributed by atoms with van der Waals surface area (Å²) in [5, 5.41) is 52.5. The van der Waals surface area contributed by atoms with E-state index in [0.29, 0.717) is 29.9 Å². The molecule has 0 aliphatic rings. The van der Waals surface area contributed by atoms with Crippen molar-refractivity contribution in [3.63, 3.8) is 0 Å². The van der Waals surface area contributed by atoms with Gasteiger partial charge < -0.3 is 85.4 Å². The van der Waals surface area contributed by atoms with Crippen molar-refractivity contribution in [2.75, 3.05) is 31.7 Å². The number of aliphatic carboxylic acids is 1. The van der Waals surface area contributed by atoms with Gasteiger partial charge in [0.2, 0.25) is 59.1 Å². The number of benzene rings is 1. The van der Waals surface area contributed by atoms with Gasteiger partial charge in [0, 0.05) is 24.7 Å². The first-order chi connectivity index (χ1) is 37.3. The number of carboxylic acid groups (broad SMARTS) is 1. The van der Waals surface area contributed by atoms with Crippen molar-refractivity contribution in [2.45, 2.75) is 146 Å². The van der Waals surface area contributed by atoms with Crippen molar-refractivity contribution in [2.24, 2.45) is 29.0 Å². The van der Waals surface area contributed by atoms with Crippen LogP contribution in [0, 0.1) is 11.8 Å². The van der Waals surface area contributed by atoms with E-state index >= 15 is 0 Å². The van der Waals surface area contributed by atoms with Gasteiger partial charge in [0.15, 0.2) is 0 Å². The van der Waals surface area contributed by atoms with Crippen molar-refractivity contribution in [3.05, 3.63) is 54.1 Å². The lowest BCUT2D eigenvalue weighted by Crippen LogP contribution is -2.62. The van der Waals surface area contributed by atoms with Crippen LogP contribution in [0.2, 0.25) is 0 Å². The van der Waals surface area contributed by atoms with Crippen LogP contribution in [0.5, 0.6) is 0 Å². The molecule has 0 fully saturated rings. The van der Waals surface area contributed by atoms with E-state index in [1.807, 2.05) is 20.1 Å². The van der Waals surface area contributed by atoms with Crippen LogP contribution in [0.4, 0.5) is 0 Å². The number of carboxylic acids is 1. The minimum atomic E-state index is -2.00. The first-order valence-electron chi connectivity index (χ1n) is 25.8. The topological polar surface area (TPSA) is 463 Å². The summed E-state index contributed by atoms with van der Waals surface area (Å²) in [4.78, 5) is 153. The Balaban J connectivity index is 2.27. The van der Waals surface area contributed by atoms with E-state index in [2.05, 4.69) is 57.8 Å². The molecule has 28 nitrogen and oxygen atoms in total. The molecule has 2 rings (SSSR count). The van der Waals surface area contributed by atoms with Gasteiger partial charge in [-0.25, -0.2) is 4.98 Å². The lowest BCUT2D eigenvalue weighted by atomic mass is 10.0. The van der Waals surface area contributed by atoms with Gasteiger partial charge in [-0.3, -0.25) is 52.7 Å². The number of unbranched alkanes of at least 4 members (excludes halogenated alkanes) is 1. The van der Waals surface area contributed by atoms with Crippen molar-refractivity contribution in [1.29, 1.82) is 0 Å². The zero-order valence-electron chi connectivity index (χ0n) is 45.4. The molecule has 1 aromatic heterocycles. The number of hydrogen-bond acceptors (Lipinski definition) is 17. The quantitative estimate of drug-likeness (QED) is 0.0283. The number of aromatic amines is 1. The number of aliphatic hydroxyl groups excluding tert-OH is 2. The number of aromatic nitrogens is 2. The number of rotatable bonds is 37. The third kappa shape index (κ3) is 25.0. The molecule has 440 valence electrons. The Morgan fingerprint density at radius 1 is 0.658 bits per heavy atom. The number of nitrogens with two attached hydrogens (primary N) is 3. The number of imidazole rings is 1. The molecule has 0 saturated heterocycles. The van der Waals surface area contributed by atoms with Crippen LogP contribution >= 0.6 is 11.8 Å². The van der Waals surface area contributed by atoms with Crippen molar-refractivity contribution in [1.82, 2.24) is 57.8 Å². The molecule has 10 atom stereocenters. The Labute approximate surface area is 462 Å². The fourth-order valence-electron chi connectivity index (χ4n) is 7.68. The van der Waals surface area contributed by atoms with Crippen LogP contribution in [0.25, 0.3) is 0 Å². The highest BCUT2D eigenvalue weighted by Gasteiger charge is 2.36. The monoisotopic (exact) mass is 1130 g/mol. The molecule has 19 N–H and O–H groups in total. The summed E-state index contributed by atoms with van der Waals surface area (Å²) < 4.78 is 0. The summed E-state index contributed by atoms with van der Waals surface area (Å²) in [7, 11) is 0. The van der Waals surface area contributed by atoms with E-state index in [1.165, 1.54) is 24.3 Å². The van der Waals surface area contributed by atoms with E-state index in [1.54, 1.807) is 44.2 Å². The molecule has 79 heavy (non-hydrogen) atoms. The highest BCUT2D eigenvalue weighted by molar-refractivity contribution is 7.98. The van der Waals surface area contributed by atoms with Crippen molar-refractivity contribution >= 4 is 76.8 Å².